The third-order valence-electron chi connectivity index (χ3n) is 4.88. The Hall–Kier alpha value is -2.66. The van der Waals surface area contributed by atoms with Crippen LogP contribution in [-0.4, -0.2) is 29.4 Å². The molecule has 0 aromatic heterocycles. The van der Waals surface area contributed by atoms with Crippen LogP contribution < -0.4 is 5.32 Å². The highest BCUT2D eigenvalue weighted by molar-refractivity contribution is 5.91. The molecule has 0 saturated heterocycles. The highest BCUT2D eigenvalue weighted by atomic mass is 16.5. The zero-order valence-electron chi connectivity index (χ0n) is 14.8. The van der Waals surface area contributed by atoms with Crippen molar-refractivity contribution in [3.8, 4) is 0 Å². The number of allylic oxidation sites excluding steroid dienone is 2. The van der Waals surface area contributed by atoms with Gasteiger partial charge < -0.3 is 15.0 Å². The molecule has 0 radical (unpaired) electrons. The smallest absolute Gasteiger partial charge is 0.244 e. The maximum Gasteiger partial charge on any atom is 0.244 e. The molecule has 0 bridgehead atoms. The standard InChI is InChI=1S/C21H24N2O3/c1-3-17-18(4-2)23(13-20(24)22-17)21(25)16-11-8-12-19(16)26-14-15-9-6-5-7-10-15/h3-7,9-10,16,19H,1-2,8,11-14H2,(H,22,24). The molecule has 2 aliphatic rings. The van der Waals surface area contributed by atoms with Gasteiger partial charge in [0, 0.05) is 0 Å². The average molecular weight is 352 g/mol. The van der Waals surface area contributed by atoms with Crippen LogP contribution in [-0.2, 0) is 20.9 Å². The van der Waals surface area contributed by atoms with Crippen molar-refractivity contribution < 1.29 is 14.3 Å². The SMILES string of the molecule is C=CC1=C(C=C)N(C(=O)C2CCCC2OCc2ccccc2)CC(=O)N1. The summed E-state index contributed by atoms with van der Waals surface area (Å²) in [6, 6.07) is 9.93. The first-order valence-corrected chi connectivity index (χ1v) is 8.90. The lowest BCUT2D eigenvalue weighted by molar-refractivity contribution is -0.141. The van der Waals surface area contributed by atoms with Gasteiger partial charge in [0.1, 0.15) is 6.54 Å². The number of rotatable bonds is 6. The zero-order chi connectivity index (χ0) is 18.5. The number of amides is 2. The summed E-state index contributed by atoms with van der Waals surface area (Å²) in [5, 5.41) is 2.73. The van der Waals surface area contributed by atoms with Crippen LogP contribution in [0.25, 0.3) is 0 Å². The predicted octanol–water partition coefficient (Wildman–Crippen LogP) is 2.91. The van der Waals surface area contributed by atoms with Gasteiger partial charge in [-0.1, -0.05) is 43.5 Å². The van der Waals surface area contributed by atoms with Gasteiger partial charge >= 0.3 is 0 Å². The first kappa shape index (κ1) is 18.1. The molecule has 1 aromatic carbocycles. The summed E-state index contributed by atoms with van der Waals surface area (Å²) in [6.45, 7) is 7.97. The summed E-state index contributed by atoms with van der Waals surface area (Å²) in [6.07, 6.45) is 5.55. The fourth-order valence-electron chi connectivity index (χ4n) is 3.59. The van der Waals surface area contributed by atoms with Crippen LogP contribution in [0.4, 0.5) is 0 Å². The largest absolute Gasteiger partial charge is 0.373 e. The molecule has 1 aliphatic carbocycles. The van der Waals surface area contributed by atoms with Gasteiger partial charge in [0.25, 0.3) is 0 Å². The van der Waals surface area contributed by atoms with Crippen molar-refractivity contribution in [1.29, 1.82) is 0 Å². The van der Waals surface area contributed by atoms with Crippen LogP contribution in [0.15, 0.2) is 67.0 Å². The number of nitrogens with zero attached hydrogens (tertiary/aromatic N) is 1. The highest BCUT2D eigenvalue weighted by Gasteiger charge is 2.39. The predicted molar refractivity (Wildman–Crippen MR) is 99.6 cm³/mol. The van der Waals surface area contributed by atoms with E-state index in [1.54, 1.807) is 6.08 Å². The molecule has 136 valence electrons. The summed E-state index contributed by atoms with van der Waals surface area (Å²) in [5.74, 6) is -0.547. The molecule has 5 nitrogen and oxygen atoms in total. The molecular weight excluding hydrogens is 328 g/mol. The summed E-state index contributed by atoms with van der Waals surface area (Å²) in [7, 11) is 0. The van der Waals surface area contributed by atoms with Crippen molar-refractivity contribution >= 4 is 11.8 Å². The molecule has 3 rings (SSSR count). The Bertz CT molecular complexity index is 739. The van der Waals surface area contributed by atoms with Crippen LogP contribution >= 0.6 is 0 Å². The summed E-state index contributed by atoms with van der Waals surface area (Å²) in [5.41, 5.74) is 2.20. The van der Waals surface area contributed by atoms with E-state index in [1.165, 1.54) is 11.0 Å². The lowest BCUT2D eigenvalue weighted by Crippen LogP contribution is -2.48. The number of carbonyl (C=O) groups is 2. The van der Waals surface area contributed by atoms with Crippen LogP contribution in [0.2, 0.25) is 0 Å². The van der Waals surface area contributed by atoms with E-state index in [0.717, 1.165) is 24.8 Å². The van der Waals surface area contributed by atoms with Gasteiger partial charge in [0.05, 0.1) is 30.0 Å². The van der Waals surface area contributed by atoms with Crippen molar-refractivity contribution in [3.05, 3.63) is 72.6 Å². The summed E-state index contributed by atoms with van der Waals surface area (Å²) >= 11 is 0. The third kappa shape index (κ3) is 3.78. The van der Waals surface area contributed by atoms with Crippen molar-refractivity contribution in [2.45, 2.75) is 32.0 Å². The fourth-order valence-corrected chi connectivity index (χ4v) is 3.59. The number of benzene rings is 1. The minimum absolute atomic E-state index is 0.000564. The Morgan fingerprint density at radius 2 is 2.00 bits per heavy atom. The van der Waals surface area contributed by atoms with Crippen LogP contribution in [0.1, 0.15) is 24.8 Å². The summed E-state index contributed by atoms with van der Waals surface area (Å²) < 4.78 is 6.05. The van der Waals surface area contributed by atoms with Gasteiger partial charge in [0.15, 0.2) is 0 Å². The first-order chi connectivity index (χ1) is 12.6. The van der Waals surface area contributed by atoms with E-state index in [9.17, 15) is 9.59 Å². The Labute approximate surface area is 154 Å². The third-order valence-corrected chi connectivity index (χ3v) is 4.88. The van der Waals surface area contributed by atoms with E-state index < -0.39 is 0 Å². The summed E-state index contributed by atoms with van der Waals surface area (Å²) in [4.78, 5) is 26.6. The Kier molecular flexibility index (Phi) is 5.68. The van der Waals surface area contributed by atoms with Crippen LogP contribution in [0, 0.1) is 5.92 Å². The second-order valence-electron chi connectivity index (χ2n) is 6.55. The maximum absolute atomic E-state index is 13.1. The monoisotopic (exact) mass is 352 g/mol. The van der Waals surface area contributed by atoms with Crippen molar-refractivity contribution in [2.24, 2.45) is 5.92 Å². The van der Waals surface area contributed by atoms with Crippen molar-refractivity contribution in [3.63, 3.8) is 0 Å². The fraction of sp³-hybridized carbons (Fsp3) is 0.333. The minimum atomic E-state index is -0.245. The van der Waals surface area contributed by atoms with E-state index in [0.29, 0.717) is 18.0 Å². The Morgan fingerprint density at radius 1 is 1.23 bits per heavy atom. The lowest BCUT2D eigenvalue weighted by atomic mass is 10.0. The molecular formula is C21H24N2O3. The molecule has 1 aliphatic heterocycles. The Balaban J connectivity index is 1.74. The molecule has 2 atom stereocenters. The van der Waals surface area contributed by atoms with E-state index in [4.69, 9.17) is 4.74 Å². The van der Waals surface area contributed by atoms with E-state index in [2.05, 4.69) is 18.5 Å². The molecule has 1 saturated carbocycles. The van der Waals surface area contributed by atoms with Gasteiger partial charge in [-0.25, -0.2) is 0 Å². The minimum Gasteiger partial charge on any atom is -0.373 e. The molecule has 1 fully saturated rings. The Morgan fingerprint density at radius 3 is 2.69 bits per heavy atom. The van der Waals surface area contributed by atoms with Gasteiger partial charge in [-0.05, 0) is 37.0 Å². The van der Waals surface area contributed by atoms with Crippen molar-refractivity contribution in [1.82, 2.24) is 10.2 Å². The molecule has 2 amide bonds. The number of ether oxygens (including phenoxy) is 1. The number of nitrogens with one attached hydrogen (secondary N) is 1. The first-order valence-electron chi connectivity index (χ1n) is 8.90. The molecule has 2 unspecified atom stereocenters. The van der Waals surface area contributed by atoms with Gasteiger partial charge in [-0.3, -0.25) is 9.59 Å². The van der Waals surface area contributed by atoms with E-state index >= 15 is 0 Å². The van der Waals surface area contributed by atoms with Crippen LogP contribution in [0.5, 0.6) is 0 Å². The van der Waals surface area contributed by atoms with E-state index in [1.807, 2.05) is 30.3 Å². The van der Waals surface area contributed by atoms with Crippen molar-refractivity contribution in [2.75, 3.05) is 6.54 Å². The molecule has 1 heterocycles. The molecule has 1 N–H and O–H groups in total. The number of hydrogen-bond donors (Lipinski definition) is 1. The average Bonchev–Trinajstić information content (AvgIpc) is 3.14. The molecule has 0 spiro atoms. The highest BCUT2D eigenvalue weighted by Crippen LogP contribution is 2.32. The van der Waals surface area contributed by atoms with Crippen LogP contribution in [0.3, 0.4) is 0 Å². The number of hydrogen-bond acceptors (Lipinski definition) is 3. The lowest BCUT2D eigenvalue weighted by Gasteiger charge is -2.32. The molecule has 5 heteroatoms. The van der Waals surface area contributed by atoms with Gasteiger partial charge in [-0.2, -0.15) is 0 Å². The second-order valence-corrected chi connectivity index (χ2v) is 6.55. The van der Waals surface area contributed by atoms with E-state index in [-0.39, 0.29) is 30.4 Å². The number of carbonyl (C=O) groups excluding carboxylic acids is 2. The molecule has 1 aromatic rings. The van der Waals surface area contributed by atoms with Gasteiger partial charge in [-0.15, -0.1) is 0 Å². The maximum atomic E-state index is 13.1. The quantitative estimate of drug-likeness (QED) is 0.856. The van der Waals surface area contributed by atoms with Gasteiger partial charge in [0.2, 0.25) is 11.8 Å². The zero-order valence-corrected chi connectivity index (χ0v) is 14.8. The topological polar surface area (TPSA) is 58.6 Å². The second kappa shape index (κ2) is 8.15. The normalized spacial score (nSPS) is 22.9. The molecule has 26 heavy (non-hydrogen) atoms.